The molecular weight excluding hydrogens is 444 g/mol. The summed E-state index contributed by atoms with van der Waals surface area (Å²) in [5.41, 5.74) is 6.38. The summed E-state index contributed by atoms with van der Waals surface area (Å²) in [7, 11) is 0. The highest BCUT2D eigenvalue weighted by Crippen LogP contribution is 2.44. The number of nitrogens with zero attached hydrogens (tertiary/aromatic N) is 2. The minimum atomic E-state index is -0.774. The minimum absolute atomic E-state index is 0.0751. The molecule has 170 valence electrons. The van der Waals surface area contributed by atoms with E-state index in [1.165, 1.54) is 16.2 Å². The first-order chi connectivity index (χ1) is 16.2. The molecule has 1 fully saturated rings. The normalized spacial score (nSPS) is 17.6. The van der Waals surface area contributed by atoms with Crippen molar-refractivity contribution in [3.8, 4) is 0 Å². The number of anilines is 1. The van der Waals surface area contributed by atoms with E-state index in [1.807, 2.05) is 70.2 Å². The largest absolute Gasteiger partial charge is 0.507 e. The first-order valence-corrected chi connectivity index (χ1v) is 11.9. The highest BCUT2D eigenvalue weighted by molar-refractivity contribution is 7.22. The number of aryl methyl sites for hydroxylation is 4. The zero-order chi connectivity index (χ0) is 24.1. The lowest BCUT2D eigenvalue weighted by molar-refractivity contribution is -0.132. The smallest absolute Gasteiger partial charge is 0.301 e. The van der Waals surface area contributed by atoms with E-state index in [0.717, 1.165) is 38.0 Å². The maximum absolute atomic E-state index is 13.4. The first-order valence-electron chi connectivity index (χ1n) is 11.1. The van der Waals surface area contributed by atoms with Crippen molar-refractivity contribution in [2.45, 2.75) is 33.7 Å². The average Bonchev–Trinajstić information content (AvgIpc) is 3.32. The Kier molecular flexibility index (Phi) is 5.33. The van der Waals surface area contributed by atoms with E-state index in [1.54, 1.807) is 12.1 Å². The number of carbonyl (C=O) groups excluding carboxylic acids is 2. The Bertz CT molecular complexity index is 1460. The molecule has 0 radical (unpaired) electrons. The molecule has 34 heavy (non-hydrogen) atoms. The fourth-order valence-electron chi connectivity index (χ4n) is 4.32. The van der Waals surface area contributed by atoms with Crippen LogP contribution in [0.4, 0.5) is 5.13 Å². The number of hydrogen-bond acceptors (Lipinski definition) is 5. The van der Waals surface area contributed by atoms with Gasteiger partial charge in [-0.3, -0.25) is 14.5 Å². The highest BCUT2D eigenvalue weighted by Gasteiger charge is 2.48. The molecule has 5 rings (SSSR count). The van der Waals surface area contributed by atoms with Crippen molar-refractivity contribution in [3.63, 3.8) is 0 Å². The van der Waals surface area contributed by atoms with Crippen LogP contribution < -0.4 is 4.90 Å². The number of thiazole rings is 1. The molecule has 1 N–H and O–H groups in total. The van der Waals surface area contributed by atoms with Crippen molar-refractivity contribution in [2.24, 2.45) is 0 Å². The van der Waals surface area contributed by atoms with Gasteiger partial charge >= 0.3 is 5.91 Å². The van der Waals surface area contributed by atoms with Crippen LogP contribution in [0.3, 0.4) is 0 Å². The van der Waals surface area contributed by atoms with Crippen LogP contribution >= 0.6 is 11.3 Å². The second kappa shape index (κ2) is 8.22. The molecule has 1 atom stereocenters. The summed E-state index contributed by atoms with van der Waals surface area (Å²) in [6.07, 6.45) is 0. The van der Waals surface area contributed by atoms with Crippen molar-refractivity contribution >= 4 is 44.1 Å². The maximum Gasteiger partial charge on any atom is 0.301 e. The van der Waals surface area contributed by atoms with Gasteiger partial charge in [0.25, 0.3) is 5.78 Å². The van der Waals surface area contributed by atoms with E-state index in [9.17, 15) is 14.7 Å². The molecular formula is C28H24N2O3S. The van der Waals surface area contributed by atoms with Crippen LogP contribution in [0.1, 0.15) is 39.4 Å². The zero-order valence-electron chi connectivity index (χ0n) is 19.4. The Labute approximate surface area is 202 Å². The van der Waals surface area contributed by atoms with Crippen LogP contribution in [-0.4, -0.2) is 21.8 Å². The van der Waals surface area contributed by atoms with Gasteiger partial charge in [0.2, 0.25) is 0 Å². The molecule has 3 aromatic carbocycles. The Hall–Kier alpha value is -3.77. The van der Waals surface area contributed by atoms with Gasteiger partial charge in [0.1, 0.15) is 5.76 Å². The molecule has 2 heterocycles. The topological polar surface area (TPSA) is 70.5 Å². The van der Waals surface area contributed by atoms with Crippen LogP contribution in [0.2, 0.25) is 0 Å². The average molecular weight is 469 g/mol. The number of aliphatic hydroxyl groups excluding tert-OH is 1. The summed E-state index contributed by atoms with van der Waals surface area (Å²) in [5.74, 6) is -1.58. The van der Waals surface area contributed by atoms with Gasteiger partial charge < -0.3 is 5.11 Å². The van der Waals surface area contributed by atoms with E-state index in [2.05, 4.69) is 6.07 Å². The number of rotatable bonds is 3. The van der Waals surface area contributed by atoms with Gasteiger partial charge in [-0.2, -0.15) is 0 Å². The fraction of sp³-hybridized carbons (Fsp3) is 0.179. The van der Waals surface area contributed by atoms with E-state index < -0.39 is 17.7 Å². The number of aromatic nitrogens is 1. The van der Waals surface area contributed by atoms with E-state index in [4.69, 9.17) is 4.98 Å². The molecule has 1 saturated heterocycles. The molecule has 6 heteroatoms. The quantitative estimate of drug-likeness (QED) is 0.222. The zero-order valence-corrected chi connectivity index (χ0v) is 20.2. The van der Waals surface area contributed by atoms with Crippen LogP contribution in [-0.2, 0) is 9.59 Å². The fourth-order valence-corrected chi connectivity index (χ4v) is 5.40. The number of aliphatic hydroxyl groups is 1. The molecule has 4 aromatic rings. The molecule has 5 nitrogen and oxygen atoms in total. The van der Waals surface area contributed by atoms with Crippen molar-refractivity contribution < 1.29 is 14.7 Å². The summed E-state index contributed by atoms with van der Waals surface area (Å²) in [5, 5.41) is 11.7. The number of ketones is 1. The van der Waals surface area contributed by atoms with Crippen LogP contribution in [0.25, 0.3) is 16.0 Å². The van der Waals surface area contributed by atoms with E-state index in [-0.39, 0.29) is 11.3 Å². The van der Waals surface area contributed by atoms with Crippen molar-refractivity contribution in [2.75, 3.05) is 4.90 Å². The summed E-state index contributed by atoms with van der Waals surface area (Å²) in [6.45, 7) is 7.97. The molecule has 0 saturated carbocycles. The molecule has 1 aromatic heterocycles. The number of amides is 1. The Morgan fingerprint density at radius 2 is 1.62 bits per heavy atom. The molecule has 0 aliphatic carbocycles. The number of Topliss-reactive ketones (excluding diaryl/α,β-unsaturated/α-hetero) is 1. The molecule has 1 amide bonds. The third-order valence-electron chi connectivity index (χ3n) is 6.33. The van der Waals surface area contributed by atoms with Crippen molar-refractivity contribution in [1.29, 1.82) is 0 Å². The van der Waals surface area contributed by atoms with Crippen LogP contribution in [0.5, 0.6) is 0 Å². The summed E-state index contributed by atoms with van der Waals surface area (Å²) >= 11 is 1.37. The lowest BCUT2D eigenvalue weighted by Crippen LogP contribution is -2.29. The van der Waals surface area contributed by atoms with Crippen LogP contribution in [0.15, 0.2) is 66.2 Å². The summed E-state index contributed by atoms with van der Waals surface area (Å²) < 4.78 is 0.946. The third kappa shape index (κ3) is 3.60. The highest BCUT2D eigenvalue weighted by atomic mass is 32.1. The van der Waals surface area contributed by atoms with Gasteiger partial charge in [-0.15, -0.1) is 0 Å². The second-order valence-corrected chi connectivity index (χ2v) is 9.86. The number of fused-ring (bicyclic) bond motifs is 1. The SMILES string of the molecule is Cc1ccc(/C(O)=C2\C(=O)C(=O)N(c3nc4cc(C)c(C)cc4s3)C2c2cccc(C)c2)cc1. The lowest BCUT2D eigenvalue weighted by atomic mass is 9.94. The monoisotopic (exact) mass is 468 g/mol. The van der Waals surface area contributed by atoms with Gasteiger partial charge in [-0.25, -0.2) is 4.98 Å². The predicted molar refractivity (Wildman–Crippen MR) is 136 cm³/mol. The van der Waals surface area contributed by atoms with Gasteiger partial charge in [-0.1, -0.05) is 71.0 Å². The number of carbonyl (C=O) groups is 2. The summed E-state index contributed by atoms with van der Waals surface area (Å²) in [6, 6.07) is 18.2. The summed E-state index contributed by atoms with van der Waals surface area (Å²) in [4.78, 5) is 32.9. The van der Waals surface area contributed by atoms with Crippen molar-refractivity contribution in [3.05, 3.63) is 99.6 Å². The predicted octanol–water partition coefficient (Wildman–Crippen LogP) is 6.16. The lowest BCUT2D eigenvalue weighted by Gasteiger charge is -2.23. The molecule has 1 aliphatic heterocycles. The second-order valence-electron chi connectivity index (χ2n) is 8.85. The minimum Gasteiger partial charge on any atom is -0.507 e. The Morgan fingerprint density at radius 1 is 0.912 bits per heavy atom. The van der Waals surface area contributed by atoms with E-state index >= 15 is 0 Å². The van der Waals surface area contributed by atoms with Crippen molar-refractivity contribution in [1.82, 2.24) is 4.98 Å². The Morgan fingerprint density at radius 3 is 2.32 bits per heavy atom. The third-order valence-corrected chi connectivity index (χ3v) is 7.34. The molecule has 1 aliphatic rings. The number of benzene rings is 3. The molecule has 0 bridgehead atoms. The Balaban J connectivity index is 1.74. The van der Waals surface area contributed by atoms with Gasteiger partial charge in [-0.05, 0) is 56.5 Å². The first kappa shape index (κ1) is 22.0. The van der Waals surface area contributed by atoms with Gasteiger partial charge in [0, 0.05) is 5.56 Å². The maximum atomic E-state index is 13.4. The van der Waals surface area contributed by atoms with E-state index in [0.29, 0.717) is 10.7 Å². The molecule has 1 unspecified atom stereocenters. The standard InChI is InChI=1S/C28H24N2O3S/c1-15-8-10-19(11-9-15)25(31)23-24(20-7-5-6-16(2)12-20)30(27(33)26(23)32)28-29-21-13-17(3)18(4)14-22(21)34-28/h5-14,24,31H,1-4H3/b25-23+. The number of hydrogen-bond donors (Lipinski definition) is 1. The van der Waals surface area contributed by atoms with Crippen LogP contribution in [0, 0.1) is 27.7 Å². The van der Waals surface area contributed by atoms with Gasteiger partial charge in [0.15, 0.2) is 5.13 Å². The van der Waals surface area contributed by atoms with Gasteiger partial charge in [0.05, 0.1) is 21.8 Å². The molecule has 0 spiro atoms.